The van der Waals surface area contributed by atoms with Gasteiger partial charge in [-0.3, -0.25) is 24.0 Å². The Morgan fingerprint density at radius 3 is 1.93 bits per heavy atom. The SMILES string of the molecule is COC(=O)[C@H](OC(C)=O)[C@@H]1C2(C)C3(O)C[C@@]1(C)[C@H](OC(C)=O)C3(O)[C@H]1OC(=O)[C@@H](O)[C@]34C[C@@]3([C@H](OC(C)=O)c3ccoc3)[C@@H](OC(C)=O)[C@@H](OC(=O)C(C)C)[C@@]2(O)[C@]14O. The zero-order valence-electron chi connectivity index (χ0n) is 33.7. The average molecular weight is 837 g/mol. The number of carbonyl (C=O) groups excluding carboxylic acids is 7. The van der Waals surface area contributed by atoms with Gasteiger partial charge in [-0.15, -0.1) is 0 Å². The molecule has 0 amide bonds. The maximum absolute atomic E-state index is 14.3. The van der Waals surface area contributed by atoms with Crippen LogP contribution in [0.15, 0.2) is 23.0 Å². The monoisotopic (exact) mass is 836 g/mol. The van der Waals surface area contributed by atoms with Gasteiger partial charge >= 0.3 is 41.8 Å². The first-order valence-electron chi connectivity index (χ1n) is 19.0. The quantitative estimate of drug-likeness (QED) is 0.141. The fourth-order valence-electron chi connectivity index (χ4n) is 12.9. The van der Waals surface area contributed by atoms with Crippen molar-refractivity contribution in [3.8, 4) is 0 Å². The van der Waals surface area contributed by atoms with Crippen molar-refractivity contribution < 1.29 is 96.7 Å². The maximum atomic E-state index is 14.3. The van der Waals surface area contributed by atoms with Crippen LogP contribution in [0.5, 0.6) is 0 Å². The number of carbonyl (C=O) groups is 7. The molecule has 324 valence electrons. The van der Waals surface area contributed by atoms with E-state index in [1.165, 1.54) is 33.1 Å². The summed E-state index contributed by atoms with van der Waals surface area (Å²) < 4.78 is 45.4. The van der Waals surface area contributed by atoms with Crippen LogP contribution in [-0.4, -0.2) is 133 Å². The van der Waals surface area contributed by atoms with Crippen molar-refractivity contribution in [2.45, 2.75) is 133 Å². The summed E-state index contributed by atoms with van der Waals surface area (Å²) in [5, 5.41) is 67.5. The number of esters is 7. The first-order valence-corrected chi connectivity index (χ1v) is 19.0. The predicted octanol–water partition coefficient (Wildman–Crippen LogP) is -0.920. The Bertz CT molecular complexity index is 2030. The molecule has 1 aromatic rings. The first-order chi connectivity index (χ1) is 27.2. The van der Waals surface area contributed by atoms with Crippen molar-refractivity contribution in [2.75, 3.05) is 7.11 Å². The Labute approximate surface area is 336 Å². The minimum absolute atomic E-state index is 0.00509. The van der Waals surface area contributed by atoms with Crippen LogP contribution in [0, 0.1) is 33.5 Å². The molecule has 5 aliphatic carbocycles. The smallest absolute Gasteiger partial charge is 0.347 e. The Kier molecular flexibility index (Phi) is 9.14. The molecule has 0 radical (unpaired) electrons. The number of rotatable bonds is 10. The van der Waals surface area contributed by atoms with Crippen LogP contribution in [0.1, 0.15) is 79.9 Å². The highest BCUT2D eigenvalue weighted by Gasteiger charge is 3.07. The Hall–Kier alpha value is -4.63. The molecule has 1 aromatic heterocycles. The summed E-state index contributed by atoms with van der Waals surface area (Å²) in [5.74, 6) is -11.1. The highest BCUT2D eigenvalue weighted by Crippen LogP contribution is 2.91. The van der Waals surface area contributed by atoms with E-state index in [1.54, 1.807) is 0 Å². The molecule has 59 heavy (non-hydrogen) atoms. The van der Waals surface area contributed by atoms with Crippen LogP contribution in [0.2, 0.25) is 0 Å². The number of methoxy groups -OCH3 is 1. The van der Waals surface area contributed by atoms with Gasteiger partial charge in [-0.1, -0.05) is 27.7 Å². The number of ether oxygens (including phenoxy) is 7. The van der Waals surface area contributed by atoms with Crippen LogP contribution < -0.4 is 0 Å². The van der Waals surface area contributed by atoms with Crippen molar-refractivity contribution in [1.29, 1.82) is 0 Å². The lowest BCUT2D eigenvalue weighted by molar-refractivity contribution is -0.467. The van der Waals surface area contributed by atoms with E-state index < -0.39 is 153 Å². The normalized spacial score (nSPS) is 45.4. The van der Waals surface area contributed by atoms with Gasteiger partial charge in [0.2, 0.25) is 6.10 Å². The number of hydrogen-bond donors (Lipinski definition) is 5. The number of fused-ring (bicyclic) bond motifs is 3. The molecule has 5 N–H and O–H groups in total. The molecule has 6 fully saturated rings. The van der Waals surface area contributed by atoms with Crippen molar-refractivity contribution in [1.82, 2.24) is 0 Å². The molecule has 0 aromatic carbocycles. The molecule has 1 spiro atoms. The van der Waals surface area contributed by atoms with Gasteiger partial charge in [0.25, 0.3) is 0 Å². The molecule has 5 saturated carbocycles. The second-order valence-electron chi connectivity index (χ2n) is 17.6. The van der Waals surface area contributed by atoms with E-state index in [2.05, 4.69) is 0 Å². The number of aliphatic hydroxyl groups is 5. The number of furan rings is 1. The fraction of sp³-hybridized carbons (Fsp3) is 0.718. The fourth-order valence-corrected chi connectivity index (χ4v) is 12.9. The Morgan fingerprint density at radius 1 is 0.814 bits per heavy atom. The van der Waals surface area contributed by atoms with Gasteiger partial charge in [0.1, 0.15) is 29.0 Å². The molecule has 1 aliphatic heterocycles. The standard InChI is InChI=1S/C39H48O20/c1-15(2)27(45)58-26-25(56-18(5)42)34(24(55-17(4)41)20-10-11-53-12-20)14-35(34)23(44)29(47)59-31-37(49)30(57-19(6)43)32(7)13-36(37,48)33(8,38(26,50)39(31,35)51)22(32)21(28(46)52-9)54-16(3)40/h10-12,15,21-26,30-31,44,48-51H,13-14H2,1-9H3/t21-,22+,23-,24-,25+,26-,30+,31-,32-,33?,34-,35-,36?,37?,38+,39+/m1/s1. The highest BCUT2D eigenvalue weighted by molar-refractivity contribution is 5.83. The minimum atomic E-state index is -3.48. The van der Waals surface area contributed by atoms with E-state index in [-0.39, 0.29) is 5.56 Å². The van der Waals surface area contributed by atoms with Crippen LogP contribution in [-0.2, 0) is 66.7 Å². The Morgan fingerprint density at radius 2 is 1.42 bits per heavy atom. The molecule has 6 aliphatic rings. The van der Waals surface area contributed by atoms with E-state index in [9.17, 15) is 59.1 Å². The third-order valence-electron chi connectivity index (χ3n) is 14.6. The largest absolute Gasteiger partial charge is 0.472 e. The van der Waals surface area contributed by atoms with Gasteiger partial charge < -0.3 is 63.1 Å². The molecule has 2 heterocycles. The van der Waals surface area contributed by atoms with Crippen molar-refractivity contribution in [3.63, 3.8) is 0 Å². The maximum Gasteiger partial charge on any atom is 0.347 e. The molecule has 2 bridgehead atoms. The van der Waals surface area contributed by atoms with Crippen molar-refractivity contribution in [2.24, 2.45) is 33.5 Å². The zero-order valence-corrected chi connectivity index (χ0v) is 33.7. The lowest BCUT2D eigenvalue weighted by Gasteiger charge is -2.77. The van der Waals surface area contributed by atoms with Crippen LogP contribution in [0.4, 0.5) is 0 Å². The summed E-state index contributed by atoms with van der Waals surface area (Å²) in [6.07, 6.45) is -15.0. The summed E-state index contributed by atoms with van der Waals surface area (Å²) in [6.45, 7) is 9.03. The van der Waals surface area contributed by atoms with E-state index in [4.69, 9.17) is 37.6 Å². The first kappa shape index (κ1) is 42.5. The Balaban J connectivity index is 1.69. The third kappa shape index (κ3) is 4.53. The minimum Gasteiger partial charge on any atom is -0.472 e. The molecule has 1 saturated heterocycles. The molecule has 3 unspecified atom stereocenters. The van der Waals surface area contributed by atoms with Gasteiger partial charge in [-0.25, -0.2) is 9.59 Å². The van der Waals surface area contributed by atoms with Crippen LogP contribution in [0.25, 0.3) is 0 Å². The third-order valence-corrected chi connectivity index (χ3v) is 14.6. The summed E-state index contributed by atoms with van der Waals surface area (Å²) in [4.78, 5) is 94.2. The summed E-state index contributed by atoms with van der Waals surface area (Å²) >= 11 is 0. The van der Waals surface area contributed by atoms with E-state index in [0.717, 1.165) is 48.0 Å². The second-order valence-corrected chi connectivity index (χ2v) is 17.6. The molecular weight excluding hydrogens is 788 g/mol. The van der Waals surface area contributed by atoms with Gasteiger partial charge in [0.15, 0.2) is 30.0 Å². The zero-order chi connectivity index (χ0) is 44.0. The molecule has 7 rings (SSSR count). The summed E-state index contributed by atoms with van der Waals surface area (Å²) in [5.41, 5.74) is -23.0. The number of aliphatic hydroxyl groups excluding tert-OH is 1. The van der Waals surface area contributed by atoms with Crippen LogP contribution >= 0.6 is 0 Å². The van der Waals surface area contributed by atoms with E-state index in [1.807, 2.05) is 0 Å². The second kappa shape index (κ2) is 12.7. The van der Waals surface area contributed by atoms with Gasteiger partial charge in [-0.05, 0) is 18.9 Å². The molecule has 20 nitrogen and oxygen atoms in total. The average Bonchev–Trinajstić information content (AvgIpc) is 3.35. The van der Waals surface area contributed by atoms with Crippen LogP contribution in [0.3, 0.4) is 0 Å². The lowest BCUT2D eigenvalue weighted by Crippen LogP contribution is -2.99. The van der Waals surface area contributed by atoms with Gasteiger partial charge in [0.05, 0.1) is 36.4 Å². The molecule has 20 heteroatoms. The van der Waals surface area contributed by atoms with E-state index in [0.29, 0.717) is 0 Å². The molecule has 16 atom stereocenters. The highest BCUT2D eigenvalue weighted by atomic mass is 16.6. The topological polar surface area (TPSA) is 298 Å². The van der Waals surface area contributed by atoms with Crippen molar-refractivity contribution in [3.05, 3.63) is 24.2 Å². The van der Waals surface area contributed by atoms with Gasteiger partial charge in [0, 0.05) is 50.0 Å². The lowest BCUT2D eigenvalue weighted by atomic mass is 9.33. The van der Waals surface area contributed by atoms with E-state index >= 15 is 0 Å². The summed E-state index contributed by atoms with van der Waals surface area (Å²) in [7, 11) is 0.935. The number of hydrogen-bond acceptors (Lipinski definition) is 20. The summed E-state index contributed by atoms with van der Waals surface area (Å²) in [6, 6.07) is 1.32. The predicted molar refractivity (Wildman–Crippen MR) is 186 cm³/mol. The van der Waals surface area contributed by atoms with Gasteiger partial charge in [-0.2, -0.15) is 0 Å². The van der Waals surface area contributed by atoms with Crippen molar-refractivity contribution >= 4 is 41.8 Å². The molecular formula is C39H48O20.